The Morgan fingerprint density at radius 2 is 0.621 bits per heavy atom. The van der Waals surface area contributed by atoms with Gasteiger partial charge in [0.25, 0.3) is 0 Å². The highest BCUT2D eigenvalue weighted by Gasteiger charge is 2.19. The molecule has 0 rings (SSSR count). The number of hydrogen-bond acceptors (Lipinski definition) is 6. The summed E-state index contributed by atoms with van der Waals surface area (Å²) in [7, 11) is 0. The lowest BCUT2D eigenvalue weighted by molar-refractivity contribution is -0.166. The lowest BCUT2D eigenvalue weighted by Gasteiger charge is -2.18. The molecule has 0 aromatic rings. The van der Waals surface area contributed by atoms with E-state index in [9.17, 15) is 14.4 Å². The van der Waals surface area contributed by atoms with Crippen molar-refractivity contribution < 1.29 is 28.6 Å². The van der Waals surface area contributed by atoms with Gasteiger partial charge in [-0.3, -0.25) is 14.4 Å². The van der Waals surface area contributed by atoms with E-state index in [-0.39, 0.29) is 44.0 Å². The Hall–Kier alpha value is -4.19. The van der Waals surface area contributed by atoms with E-state index in [4.69, 9.17) is 14.2 Å². The third-order valence-electron chi connectivity index (χ3n) is 10.7. The van der Waals surface area contributed by atoms with Crippen LogP contribution in [0.5, 0.6) is 0 Å². The van der Waals surface area contributed by atoms with Crippen LogP contribution in [0.2, 0.25) is 0 Å². The number of carbonyl (C=O) groups excluding carboxylic acids is 3. The molecule has 0 saturated heterocycles. The highest BCUT2D eigenvalue weighted by molar-refractivity contribution is 5.71. The number of rotatable bonds is 46. The van der Waals surface area contributed by atoms with Gasteiger partial charge in [0.1, 0.15) is 13.2 Å². The lowest BCUT2D eigenvalue weighted by atomic mass is 10.1. The van der Waals surface area contributed by atoms with Crippen molar-refractivity contribution in [3.05, 3.63) is 122 Å². The largest absolute Gasteiger partial charge is 0.462 e. The molecule has 0 saturated carbocycles. The second-order valence-electron chi connectivity index (χ2n) is 17.0. The molecule has 0 aliphatic heterocycles. The fourth-order valence-corrected chi connectivity index (χ4v) is 6.70. The van der Waals surface area contributed by atoms with E-state index in [0.717, 1.165) is 116 Å². The van der Waals surface area contributed by atoms with Crippen LogP contribution in [-0.4, -0.2) is 37.2 Å². The van der Waals surface area contributed by atoms with Gasteiger partial charge in [-0.2, -0.15) is 0 Å². The molecule has 372 valence electrons. The van der Waals surface area contributed by atoms with Crippen LogP contribution < -0.4 is 0 Å². The molecule has 6 nitrogen and oxygen atoms in total. The first-order valence-corrected chi connectivity index (χ1v) is 26.5. The first-order valence-electron chi connectivity index (χ1n) is 26.5. The molecule has 0 amide bonds. The Morgan fingerprint density at radius 3 is 1.03 bits per heavy atom. The van der Waals surface area contributed by atoms with Crippen molar-refractivity contribution in [1.29, 1.82) is 0 Å². The van der Waals surface area contributed by atoms with Crippen LogP contribution in [0.3, 0.4) is 0 Å². The highest BCUT2D eigenvalue weighted by atomic mass is 16.6. The molecule has 6 heteroatoms. The van der Waals surface area contributed by atoms with Crippen molar-refractivity contribution in [2.75, 3.05) is 13.2 Å². The molecule has 0 aliphatic rings. The minimum atomic E-state index is -0.827. The fraction of sp³-hybridized carbons (Fsp3) is 0.617. The SMILES string of the molecule is CC/C=C\C/C=C\C/C=C\C/C=C\C/C=C\C/C=C\CCC(=O)OC[C@@H](COC(=O)CCCCCCC/C=C\CCCCC)OC(=O)CCCCCC/C=C\C/C=C\C/C=C\CCCCC. The van der Waals surface area contributed by atoms with Gasteiger partial charge in [0, 0.05) is 19.3 Å². The van der Waals surface area contributed by atoms with Crippen LogP contribution in [0.4, 0.5) is 0 Å². The third kappa shape index (κ3) is 50.8. The summed E-state index contributed by atoms with van der Waals surface area (Å²) in [4.78, 5) is 38.0. The molecular formula is C60H96O6. The molecule has 0 heterocycles. The Kier molecular flexibility index (Phi) is 50.0. The Balaban J connectivity index is 4.56. The predicted molar refractivity (Wildman–Crippen MR) is 283 cm³/mol. The third-order valence-corrected chi connectivity index (χ3v) is 10.7. The van der Waals surface area contributed by atoms with Gasteiger partial charge in [-0.25, -0.2) is 0 Å². The molecule has 0 aromatic heterocycles. The molecule has 0 N–H and O–H groups in total. The zero-order chi connectivity index (χ0) is 47.9. The van der Waals surface area contributed by atoms with Crippen molar-refractivity contribution in [1.82, 2.24) is 0 Å². The molecule has 0 spiro atoms. The Morgan fingerprint density at radius 1 is 0.318 bits per heavy atom. The van der Waals surface area contributed by atoms with Crippen LogP contribution >= 0.6 is 0 Å². The van der Waals surface area contributed by atoms with Crippen molar-refractivity contribution in [3.8, 4) is 0 Å². The minimum Gasteiger partial charge on any atom is -0.462 e. The lowest BCUT2D eigenvalue weighted by Crippen LogP contribution is -2.30. The van der Waals surface area contributed by atoms with E-state index < -0.39 is 6.10 Å². The van der Waals surface area contributed by atoms with E-state index in [1.54, 1.807) is 0 Å². The van der Waals surface area contributed by atoms with Crippen LogP contribution in [0, 0.1) is 0 Å². The quantitative estimate of drug-likeness (QED) is 0.0262. The van der Waals surface area contributed by atoms with E-state index in [2.05, 4.69) is 130 Å². The van der Waals surface area contributed by atoms with E-state index in [0.29, 0.717) is 12.8 Å². The van der Waals surface area contributed by atoms with Crippen LogP contribution in [0.25, 0.3) is 0 Å². The fourth-order valence-electron chi connectivity index (χ4n) is 6.70. The normalized spacial score (nSPS) is 13.1. The van der Waals surface area contributed by atoms with Crippen LogP contribution in [0.1, 0.15) is 220 Å². The maximum Gasteiger partial charge on any atom is 0.306 e. The zero-order valence-electron chi connectivity index (χ0n) is 42.4. The van der Waals surface area contributed by atoms with Crippen molar-refractivity contribution in [2.24, 2.45) is 0 Å². The molecule has 0 aromatic carbocycles. The van der Waals surface area contributed by atoms with Gasteiger partial charge in [0.05, 0.1) is 0 Å². The Bertz CT molecular complexity index is 1420. The summed E-state index contributed by atoms with van der Waals surface area (Å²) >= 11 is 0. The van der Waals surface area contributed by atoms with Crippen LogP contribution in [0.15, 0.2) is 122 Å². The van der Waals surface area contributed by atoms with Crippen molar-refractivity contribution >= 4 is 17.9 Å². The van der Waals surface area contributed by atoms with E-state index in [1.807, 2.05) is 12.2 Å². The van der Waals surface area contributed by atoms with Gasteiger partial charge in [-0.15, -0.1) is 0 Å². The average molecular weight is 913 g/mol. The molecular weight excluding hydrogens is 817 g/mol. The molecule has 1 atom stereocenters. The zero-order valence-corrected chi connectivity index (χ0v) is 42.4. The minimum absolute atomic E-state index is 0.118. The second kappa shape index (κ2) is 53.4. The Labute approximate surface area is 405 Å². The summed E-state index contributed by atoms with van der Waals surface area (Å²) in [5.41, 5.74) is 0. The van der Waals surface area contributed by atoms with E-state index >= 15 is 0 Å². The summed E-state index contributed by atoms with van der Waals surface area (Å²) in [5.74, 6) is -1.04. The number of allylic oxidation sites excluding steroid dienone is 20. The van der Waals surface area contributed by atoms with Crippen LogP contribution in [-0.2, 0) is 28.6 Å². The van der Waals surface area contributed by atoms with Crippen molar-refractivity contribution in [2.45, 2.75) is 226 Å². The standard InChI is InChI=1S/C60H96O6/c1-4-7-10-13-16-19-22-25-27-29-30-32-33-35-38-41-44-47-50-53-59(62)65-56-57(55-64-58(61)52-49-46-43-40-37-24-21-18-15-12-9-6-3)66-60(63)54-51-48-45-42-39-36-34-31-28-26-23-20-17-14-11-8-5-2/h7,10,16-21,25-28,30,32,34-36,38,44,47,57H,4-6,8-9,11-15,22-24,29,31,33,37,39-43,45-46,48-56H2,1-3H3/b10-7-,19-16-,20-17-,21-18-,27-25-,28-26-,32-30-,36-34-,38-35-,47-44-/t57-/m1/s1. The monoisotopic (exact) mass is 913 g/mol. The van der Waals surface area contributed by atoms with Gasteiger partial charge in [0.2, 0.25) is 0 Å². The number of unbranched alkanes of at least 4 members (excludes halogenated alkanes) is 15. The molecule has 0 bridgehead atoms. The number of ether oxygens (including phenoxy) is 3. The second-order valence-corrected chi connectivity index (χ2v) is 17.0. The van der Waals surface area contributed by atoms with Gasteiger partial charge in [-0.1, -0.05) is 200 Å². The van der Waals surface area contributed by atoms with Gasteiger partial charge >= 0.3 is 17.9 Å². The summed E-state index contributed by atoms with van der Waals surface area (Å²) in [6, 6.07) is 0. The number of esters is 3. The average Bonchev–Trinajstić information content (AvgIpc) is 3.31. The topological polar surface area (TPSA) is 78.9 Å². The molecule has 0 fully saturated rings. The maximum atomic E-state index is 12.8. The number of carbonyl (C=O) groups is 3. The van der Waals surface area contributed by atoms with E-state index in [1.165, 1.54) is 57.8 Å². The smallest absolute Gasteiger partial charge is 0.306 e. The highest BCUT2D eigenvalue weighted by Crippen LogP contribution is 2.12. The van der Waals surface area contributed by atoms with Crippen molar-refractivity contribution in [3.63, 3.8) is 0 Å². The first kappa shape index (κ1) is 61.8. The first-order chi connectivity index (χ1) is 32.5. The van der Waals surface area contributed by atoms with Gasteiger partial charge < -0.3 is 14.2 Å². The predicted octanol–water partition coefficient (Wildman–Crippen LogP) is 17.7. The molecule has 0 radical (unpaired) electrons. The summed E-state index contributed by atoms with van der Waals surface area (Å²) in [6.45, 7) is 6.36. The molecule has 0 aliphatic carbocycles. The number of hydrogen-bond donors (Lipinski definition) is 0. The maximum absolute atomic E-state index is 12.8. The summed E-state index contributed by atoms with van der Waals surface area (Å²) in [5, 5.41) is 0. The summed E-state index contributed by atoms with van der Waals surface area (Å²) < 4.78 is 16.7. The van der Waals surface area contributed by atoms with Gasteiger partial charge in [-0.05, 0) is 122 Å². The molecule has 0 unspecified atom stereocenters. The van der Waals surface area contributed by atoms with Gasteiger partial charge in [0.15, 0.2) is 6.10 Å². The molecule has 66 heavy (non-hydrogen) atoms. The summed E-state index contributed by atoms with van der Waals surface area (Å²) in [6.07, 6.45) is 73.3.